The average molecular weight is 556 g/mol. The molecule has 0 radical (unpaired) electrons. The van der Waals surface area contributed by atoms with Crippen molar-refractivity contribution in [3.05, 3.63) is 114 Å². The van der Waals surface area contributed by atoms with E-state index in [0.717, 1.165) is 61.3 Å². The number of fused-ring (bicyclic) bond motifs is 5. The molecule has 0 unspecified atom stereocenters. The van der Waals surface area contributed by atoms with Gasteiger partial charge in [0.2, 0.25) is 5.82 Å². The van der Waals surface area contributed by atoms with Crippen LogP contribution in [0.25, 0.3) is 66.2 Å². The summed E-state index contributed by atoms with van der Waals surface area (Å²) in [5.41, 5.74) is 4.56. The lowest BCUT2D eigenvalue weighted by molar-refractivity contribution is 0.381. The fraction of sp³-hybridized carbons (Fsp3) is 0. The maximum Gasteiger partial charge on any atom is 0.200 e. The summed E-state index contributed by atoms with van der Waals surface area (Å²) >= 11 is 1.16. The number of nitrogens with zero attached hydrogens (tertiary/aromatic N) is 3. The van der Waals surface area contributed by atoms with Gasteiger partial charge in [0, 0.05) is 21.7 Å². The molecule has 7 rings (SSSR count). The normalized spacial score (nSPS) is 11.6. The summed E-state index contributed by atoms with van der Waals surface area (Å²) in [6, 6.07) is 25.2. The van der Waals surface area contributed by atoms with Crippen molar-refractivity contribution in [3.63, 3.8) is 0 Å². The molecule has 9 heteroatoms. The van der Waals surface area contributed by atoms with E-state index in [4.69, 9.17) is 4.98 Å². The predicted molar refractivity (Wildman–Crippen MR) is 146 cm³/mol. The van der Waals surface area contributed by atoms with Crippen LogP contribution in [-0.4, -0.2) is 13.7 Å². The summed E-state index contributed by atoms with van der Waals surface area (Å²) in [6.45, 7) is 0. The molecular weight excluding hydrogens is 541 g/mol. The Hall–Kier alpha value is -4.76. The van der Waals surface area contributed by atoms with Gasteiger partial charge >= 0.3 is 0 Å². The molecule has 0 spiro atoms. The first-order valence-electron chi connectivity index (χ1n) is 12.1. The molecule has 0 atom stereocenters. The van der Waals surface area contributed by atoms with E-state index >= 15 is 0 Å². The largest absolute Gasteiger partial charge is 0.247 e. The molecule has 5 aromatic carbocycles. The number of pyridine rings is 1. The Morgan fingerprint density at radius 3 is 1.73 bits per heavy atom. The molecule has 40 heavy (non-hydrogen) atoms. The van der Waals surface area contributed by atoms with Crippen molar-refractivity contribution in [2.45, 2.75) is 0 Å². The smallest absolute Gasteiger partial charge is 0.200 e. The molecule has 0 bridgehead atoms. The van der Waals surface area contributed by atoms with Gasteiger partial charge in [0.15, 0.2) is 23.3 Å². The third-order valence-electron chi connectivity index (χ3n) is 6.96. The zero-order chi connectivity index (χ0) is 27.5. The number of hydrogen-bond donors (Lipinski definition) is 0. The van der Waals surface area contributed by atoms with Crippen LogP contribution in [-0.2, 0) is 0 Å². The molecule has 194 valence electrons. The average Bonchev–Trinajstić information content (AvgIpc) is 3.48. The van der Waals surface area contributed by atoms with E-state index in [2.05, 4.69) is 8.75 Å². The van der Waals surface area contributed by atoms with Crippen LogP contribution in [0.1, 0.15) is 0 Å². The molecule has 3 nitrogen and oxygen atoms in total. The van der Waals surface area contributed by atoms with Crippen LogP contribution in [0.4, 0.5) is 22.0 Å². The van der Waals surface area contributed by atoms with Gasteiger partial charge in [-0.15, -0.1) is 0 Å². The molecule has 7 aromatic rings. The van der Waals surface area contributed by atoms with Gasteiger partial charge in [-0.25, -0.2) is 26.9 Å². The first-order valence-corrected chi connectivity index (χ1v) is 12.8. The minimum absolute atomic E-state index is 0.122. The quantitative estimate of drug-likeness (QED) is 0.0945. The second-order valence-electron chi connectivity index (χ2n) is 9.20. The Kier molecular flexibility index (Phi) is 5.57. The van der Waals surface area contributed by atoms with E-state index in [-0.39, 0.29) is 5.56 Å². The van der Waals surface area contributed by atoms with E-state index in [1.165, 1.54) is 12.1 Å². The molecule has 0 aliphatic carbocycles. The van der Waals surface area contributed by atoms with Crippen molar-refractivity contribution in [2.75, 3.05) is 0 Å². The highest BCUT2D eigenvalue weighted by molar-refractivity contribution is 7.00. The Balaban J connectivity index is 1.29. The molecule has 0 aliphatic rings. The molecule has 0 saturated carbocycles. The van der Waals surface area contributed by atoms with E-state index in [0.29, 0.717) is 5.56 Å². The molecule has 2 aromatic heterocycles. The van der Waals surface area contributed by atoms with Crippen molar-refractivity contribution in [1.29, 1.82) is 0 Å². The van der Waals surface area contributed by atoms with Gasteiger partial charge in [-0.3, -0.25) is 0 Å². The van der Waals surface area contributed by atoms with Gasteiger partial charge in [0.1, 0.15) is 11.0 Å². The summed E-state index contributed by atoms with van der Waals surface area (Å²) in [7, 11) is 0. The minimum atomic E-state index is -2.18. The molecule has 0 saturated heterocycles. The number of benzene rings is 5. The van der Waals surface area contributed by atoms with Crippen LogP contribution in [0.15, 0.2) is 84.9 Å². The number of hydrogen-bond acceptors (Lipinski definition) is 4. The zero-order valence-electron chi connectivity index (χ0n) is 20.2. The van der Waals surface area contributed by atoms with E-state index in [1.54, 1.807) is 12.1 Å². The van der Waals surface area contributed by atoms with Crippen LogP contribution in [0, 0.1) is 29.1 Å². The topological polar surface area (TPSA) is 38.7 Å². The second-order valence-corrected chi connectivity index (χ2v) is 9.73. The molecule has 0 fully saturated rings. The van der Waals surface area contributed by atoms with Gasteiger partial charge in [-0.1, -0.05) is 66.7 Å². The summed E-state index contributed by atoms with van der Waals surface area (Å²) < 4.78 is 78.2. The van der Waals surface area contributed by atoms with Crippen LogP contribution < -0.4 is 0 Å². The van der Waals surface area contributed by atoms with Crippen molar-refractivity contribution < 1.29 is 22.0 Å². The Labute approximate surface area is 227 Å². The first kappa shape index (κ1) is 24.3. The lowest BCUT2D eigenvalue weighted by Crippen LogP contribution is -2.03. The molecule has 2 heterocycles. The molecular formula is C31H14F5N3S. The van der Waals surface area contributed by atoms with Crippen molar-refractivity contribution in [1.82, 2.24) is 13.7 Å². The molecule has 0 amide bonds. The van der Waals surface area contributed by atoms with Crippen LogP contribution >= 0.6 is 11.7 Å². The van der Waals surface area contributed by atoms with E-state index in [1.807, 2.05) is 60.7 Å². The number of aromatic nitrogens is 3. The van der Waals surface area contributed by atoms with Gasteiger partial charge < -0.3 is 0 Å². The highest BCUT2D eigenvalue weighted by atomic mass is 32.1. The number of para-hydroxylation sites is 1. The fourth-order valence-electron chi connectivity index (χ4n) is 5.01. The predicted octanol–water partition coefficient (Wildman–Crippen LogP) is 9.09. The highest BCUT2D eigenvalue weighted by Gasteiger charge is 2.26. The van der Waals surface area contributed by atoms with Crippen molar-refractivity contribution in [3.8, 4) is 33.5 Å². The van der Waals surface area contributed by atoms with Crippen LogP contribution in [0.5, 0.6) is 0 Å². The Morgan fingerprint density at radius 1 is 0.475 bits per heavy atom. The summed E-state index contributed by atoms with van der Waals surface area (Å²) in [6.07, 6.45) is 0. The Morgan fingerprint density at radius 2 is 1.05 bits per heavy atom. The first-order chi connectivity index (χ1) is 19.4. The zero-order valence-corrected chi connectivity index (χ0v) is 21.0. The van der Waals surface area contributed by atoms with Crippen LogP contribution in [0.3, 0.4) is 0 Å². The van der Waals surface area contributed by atoms with E-state index in [9.17, 15) is 22.0 Å². The Bertz CT molecular complexity index is 2080. The summed E-state index contributed by atoms with van der Waals surface area (Å²) in [5, 5.41) is 2.92. The monoisotopic (exact) mass is 555 g/mol. The number of rotatable bonds is 3. The van der Waals surface area contributed by atoms with Crippen molar-refractivity contribution in [2.24, 2.45) is 0 Å². The van der Waals surface area contributed by atoms with Gasteiger partial charge in [0.25, 0.3) is 0 Å². The van der Waals surface area contributed by atoms with Gasteiger partial charge in [-0.05, 0) is 34.9 Å². The molecule has 0 N–H and O–H groups in total. The minimum Gasteiger partial charge on any atom is -0.247 e. The lowest BCUT2D eigenvalue weighted by Gasteiger charge is -2.12. The standard InChI is InChI=1S/C31H14F5N3S/c32-25-23(26(33)28(35)29(36)27(25)34)17-9-5-15(6-10-17)16-7-11-18(12-8-16)30-20-13-14-22-31(39-40-38-22)24(20)19-3-1-2-4-21(19)37-30/h1-14H. The summed E-state index contributed by atoms with van der Waals surface area (Å²) in [5.74, 6) is -9.87. The van der Waals surface area contributed by atoms with Gasteiger partial charge in [0.05, 0.1) is 28.5 Å². The van der Waals surface area contributed by atoms with Crippen molar-refractivity contribution >= 4 is 44.4 Å². The number of halogens is 5. The summed E-state index contributed by atoms with van der Waals surface area (Å²) in [4.78, 5) is 4.95. The maximum atomic E-state index is 14.3. The molecule has 0 aliphatic heterocycles. The van der Waals surface area contributed by atoms with Gasteiger partial charge in [-0.2, -0.15) is 8.75 Å². The SMILES string of the molecule is Fc1c(F)c(F)c(-c2ccc(-c3ccc(-c4nc5ccccc5c5c4ccc4nsnc45)cc3)cc2)c(F)c1F. The third kappa shape index (κ3) is 3.65. The lowest BCUT2D eigenvalue weighted by atomic mass is 9.96. The van der Waals surface area contributed by atoms with Crippen LogP contribution in [0.2, 0.25) is 0 Å². The second kappa shape index (κ2) is 9.17. The third-order valence-corrected chi connectivity index (χ3v) is 7.51. The fourth-order valence-corrected chi connectivity index (χ4v) is 5.56. The van der Waals surface area contributed by atoms with E-state index < -0.39 is 34.6 Å². The maximum absolute atomic E-state index is 14.3. The highest BCUT2D eigenvalue weighted by Crippen LogP contribution is 2.37.